The quantitative estimate of drug-likeness (QED) is 0.711. The first kappa shape index (κ1) is 19.2. The predicted molar refractivity (Wildman–Crippen MR) is 91.1 cm³/mol. The summed E-state index contributed by atoms with van der Waals surface area (Å²) in [6.45, 7) is 9.23. The Morgan fingerprint density at radius 3 is 2.30 bits per heavy atom. The summed E-state index contributed by atoms with van der Waals surface area (Å²) < 4.78 is 0. The van der Waals surface area contributed by atoms with Crippen molar-refractivity contribution in [2.45, 2.75) is 53.5 Å². The molecule has 0 fully saturated rings. The molecule has 0 aliphatic heterocycles. The fourth-order valence-corrected chi connectivity index (χ4v) is 3.18. The summed E-state index contributed by atoms with van der Waals surface area (Å²) >= 11 is 1.33. The standard InChI is InChI=1S/C16H24N2O4S/c1-6-11(16(21)22)17-14(20)13-9(4)10(5)23-15(13)18-12(19)7-8(2)3/h8,11H,6-7H2,1-5H3,(H,17,20)(H,18,19)(H,21,22). The molecule has 2 amide bonds. The zero-order valence-corrected chi connectivity index (χ0v) is 15.0. The number of rotatable bonds is 7. The molecule has 0 radical (unpaired) electrons. The van der Waals surface area contributed by atoms with Crippen LogP contribution in [0.15, 0.2) is 0 Å². The third-order valence-corrected chi connectivity index (χ3v) is 4.59. The zero-order chi connectivity index (χ0) is 17.7. The molecule has 1 heterocycles. The number of carbonyl (C=O) groups excluding carboxylic acids is 2. The van der Waals surface area contributed by atoms with Gasteiger partial charge in [0.25, 0.3) is 5.91 Å². The monoisotopic (exact) mass is 340 g/mol. The number of aryl methyl sites for hydroxylation is 1. The third-order valence-electron chi connectivity index (χ3n) is 3.47. The first-order valence-electron chi connectivity index (χ1n) is 7.60. The van der Waals surface area contributed by atoms with Gasteiger partial charge >= 0.3 is 5.97 Å². The second kappa shape index (κ2) is 8.10. The van der Waals surface area contributed by atoms with Gasteiger partial charge in [0.1, 0.15) is 11.0 Å². The van der Waals surface area contributed by atoms with Crippen molar-refractivity contribution in [1.82, 2.24) is 5.32 Å². The molecule has 23 heavy (non-hydrogen) atoms. The van der Waals surface area contributed by atoms with Crippen molar-refractivity contribution in [1.29, 1.82) is 0 Å². The Kier molecular flexibility index (Phi) is 6.75. The highest BCUT2D eigenvalue weighted by molar-refractivity contribution is 7.16. The van der Waals surface area contributed by atoms with Gasteiger partial charge in [0.2, 0.25) is 5.91 Å². The lowest BCUT2D eigenvalue weighted by Gasteiger charge is -2.14. The number of hydrogen-bond acceptors (Lipinski definition) is 4. The number of aliphatic carboxylic acids is 1. The summed E-state index contributed by atoms with van der Waals surface area (Å²) in [5.74, 6) is -1.48. The Bertz CT molecular complexity index is 607. The SMILES string of the molecule is CCC(NC(=O)c1c(NC(=O)CC(C)C)sc(C)c1C)C(=O)O. The molecule has 128 valence electrons. The Hall–Kier alpha value is -1.89. The highest BCUT2D eigenvalue weighted by Crippen LogP contribution is 2.32. The fraction of sp³-hybridized carbons (Fsp3) is 0.562. The molecule has 3 N–H and O–H groups in total. The van der Waals surface area contributed by atoms with Gasteiger partial charge in [-0.25, -0.2) is 4.79 Å². The Morgan fingerprint density at radius 1 is 1.22 bits per heavy atom. The molecule has 0 aliphatic carbocycles. The fourth-order valence-electron chi connectivity index (χ4n) is 2.11. The van der Waals surface area contributed by atoms with Crippen LogP contribution in [-0.2, 0) is 9.59 Å². The number of anilines is 1. The number of carboxylic acid groups (broad SMARTS) is 1. The highest BCUT2D eigenvalue weighted by Gasteiger charge is 2.25. The van der Waals surface area contributed by atoms with E-state index in [4.69, 9.17) is 5.11 Å². The smallest absolute Gasteiger partial charge is 0.326 e. The molecule has 0 aromatic carbocycles. The molecule has 0 spiro atoms. The number of carboxylic acids is 1. The molecule has 0 saturated carbocycles. The zero-order valence-electron chi connectivity index (χ0n) is 14.1. The number of nitrogens with one attached hydrogen (secondary N) is 2. The molecule has 1 atom stereocenters. The maximum Gasteiger partial charge on any atom is 0.326 e. The summed E-state index contributed by atoms with van der Waals surface area (Å²) in [5.41, 5.74) is 1.11. The maximum absolute atomic E-state index is 12.5. The van der Waals surface area contributed by atoms with E-state index in [-0.39, 0.29) is 18.2 Å². The first-order chi connectivity index (χ1) is 10.7. The lowest BCUT2D eigenvalue weighted by Crippen LogP contribution is -2.40. The van der Waals surface area contributed by atoms with Gasteiger partial charge in [-0.3, -0.25) is 9.59 Å². The third kappa shape index (κ3) is 5.06. The van der Waals surface area contributed by atoms with E-state index in [1.807, 2.05) is 20.8 Å². The van der Waals surface area contributed by atoms with Crippen LogP contribution in [0.3, 0.4) is 0 Å². The lowest BCUT2D eigenvalue weighted by atomic mass is 10.1. The molecule has 1 rings (SSSR count). The largest absolute Gasteiger partial charge is 0.480 e. The molecule has 1 aromatic heterocycles. The summed E-state index contributed by atoms with van der Waals surface area (Å²) in [6.07, 6.45) is 0.655. The van der Waals surface area contributed by atoms with E-state index in [0.29, 0.717) is 17.0 Å². The second-order valence-electron chi connectivity index (χ2n) is 5.91. The van der Waals surface area contributed by atoms with Gasteiger partial charge in [0, 0.05) is 11.3 Å². The highest BCUT2D eigenvalue weighted by atomic mass is 32.1. The van der Waals surface area contributed by atoms with Crippen LogP contribution >= 0.6 is 11.3 Å². The molecule has 1 aromatic rings. The Labute approximate surface area is 140 Å². The number of carbonyl (C=O) groups is 3. The van der Waals surface area contributed by atoms with Crippen molar-refractivity contribution < 1.29 is 19.5 Å². The van der Waals surface area contributed by atoms with Gasteiger partial charge in [-0.1, -0.05) is 20.8 Å². The maximum atomic E-state index is 12.5. The van der Waals surface area contributed by atoms with Crippen LogP contribution in [-0.4, -0.2) is 28.9 Å². The van der Waals surface area contributed by atoms with Crippen LogP contribution in [0.1, 0.15) is 54.4 Å². The van der Waals surface area contributed by atoms with Gasteiger partial charge in [-0.15, -0.1) is 11.3 Å². The predicted octanol–water partition coefficient (Wildman–Crippen LogP) is 2.94. The first-order valence-corrected chi connectivity index (χ1v) is 8.42. The van der Waals surface area contributed by atoms with Crippen LogP contribution in [0.25, 0.3) is 0 Å². The van der Waals surface area contributed by atoms with E-state index in [2.05, 4.69) is 10.6 Å². The van der Waals surface area contributed by atoms with Crippen LogP contribution in [0.5, 0.6) is 0 Å². The summed E-state index contributed by atoms with van der Waals surface area (Å²) in [4.78, 5) is 36.4. The summed E-state index contributed by atoms with van der Waals surface area (Å²) in [5, 5.41) is 14.8. The van der Waals surface area contributed by atoms with Crippen molar-refractivity contribution in [2.75, 3.05) is 5.32 Å². The minimum absolute atomic E-state index is 0.152. The summed E-state index contributed by atoms with van der Waals surface area (Å²) in [7, 11) is 0. The molecule has 6 nitrogen and oxygen atoms in total. The second-order valence-corrected chi connectivity index (χ2v) is 7.13. The minimum Gasteiger partial charge on any atom is -0.480 e. The van der Waals surface area contributed by atoms with E-state index in [1.54, 1.807) is 13.8 Å². The minimum atomic E-state index is -1.07. The molecular weight excluding hydrogens is 316 g/mol. The van der Waals surface area contributed by atoms with Gasteiger partial charge in [-0.05, 0) is 31.7 Å². The number of amides is 2. The van der Waals surface area contributed by atoms with Crippen molar-refractivity contribution in [3.63, 3.8) is 0 Å². The van der Waals surface area contributed by atoms with Crippen molar-refractivity contribution in [3.8, 4) is 0 Å². The van der Waals surface area contributed by atoms with E-state index >= 15 is 0 Å². The van der Waals surface area contributed by atoms with E-state index in [1.165, 1.54) is 11.3 Å². The average Bonchev–Trinajstić information content (AvgIpc) is 2.69. The molecule has 1 unspecified atom stereocenters. The van der Waals surface area contributed by atoms with Gasteiger partial charge in [0.05, 0.1) is 5.56 Å². The van der Waals surface area contributed by atoms with Crippen molar-refractivity contribution >= 4 is 34.1 Å². The van der Waals surface area contributed by atoms with E-state index in [0.717, 1.165) is 10.4 Å². The van der Waals surface area contributed by atoms with E-state index in [9.17, 15) is 14.4 Å². The Balaban J connectivity index is 3.03. The molecule has 0 bridgehead atoms. The van der Waals surface area contributed by atoms with Gasteiger partial charge < -0.3 is 15.7 Å². The molecule has 0 saturated heterocycles. The van der Waals surface area contributed by atoms with Crippen LogP contribution in [0.2, 0.25) is 0 Å². The van der Waals surface area contributed by atoms with Crippen molar-refractivity contribution in [2.24, 2.45) is 5.92 Å². The number of hydrogen-bond donors (Lipinski definition) is 3. The van der Waals surface area contributed by atoms with E-state index < -0.39 is 17.9 Å². The van der Waals surface area contributed by atoms with Crippen LogP contribution in [0.4, 0.5) is 5.00 Å². The number of thiophene rings is 1. The molecule has 0 aliphatic rings. The normalized spacial score (nSPS) is 12.1. The van der Waals surface area contributed by atoms with Gasteiger partial charge in [-0.2, -0.15) is 0 Å². The van der Waals surface area contributed by atoms with Crippen molar-refractivity contribution in [3.05, 3.63) is 16.0 Å². The van der Waals surface area contributed by atoms with Crippen LogP contribution in [0, 0.1) is 19.8 Å². The van der Waals surface area contributed by atoms with Crippen LogP contribution < -0.4 is 10.6 Å². The topological polar surface area (TPSA) is 95.5 Å². The molecule has 7 heteroatoms. The average molecular weight is 340 g/mol. The Morgan fingerprint density at radius 2 is 1.83 bits per heavy atom. The summed E-state index contributed by atoms with van der Waals surface area (Å²) in [6, 6.07) is -0.943. The lowest BCUT2D eigenvalue weighted by molar-refractivity contribution is -0.139. The molecular formula is C16H24N2O4S. The van der Waals surface area contributed by atoms with Gasteiger partial charge in [0.15, 0.2) is 0 Å².